The van der Waals surface area contributed by atoms with Crippen LogP contribution in [0.3, 0.4) is 0 Å². The fourth-order valence-corrected chi connectivity index (χ4v) is 2.89. The van der Waals surface area contributed by atoms with E-state index < -0.39 is 6.09 Å². The van der Waals surface area contributed by atoms with Gasteiger partial charge >= 0.3 is 6.09 Å². The molecule has 0 atom stereocenters. The second-order valence-electron chi connectivity index (χ2n) is 6.37. The topological polar surface area (TPSA) is 67.3 Å². The minimum absolute atomic E-state index is 0.349. The van der Waals surface area contributed by atoms with Crippen LogP contribution in [0.1, 0.15) is 26.7 Å². The van der Waals surface area contributed by atoms with Crippen LogP contribution in [-0.2, 0) is 4.74 Å². The van der Waals surface area contributed by atoms with Crippen LogP contribution in [0.25, 0.3) is 11.3 Å². The number of carbonyl (C=O) groups excluding carboxylic acids is 1. The number of nitrogens with one attached hydrogen (secondary N) is 1. The van der Waals surface area contributed by atoms with Gasteiger partial charge in [0.05, 0.1) is 12.3 Å². The van der Waals surface area contributed by atoms with Gasteiger partial charge in [0, 0.05) is 24.3 Å². The molecule has 1 N–H and O–H groups in total. The minimum Gasteiger partial charge on any atom is -0.450 e. The lowest BCUT2D eigenvalue weighted by atomic mass is 9.99. The predicted octanol–water partition coefficient (Wildman–Crippen LogP) is 3.95. The van der Waals surface area contributed by atoms with Crippen molar-refractivity contribution in [3.8, 4) is 11.3 Å². The van der Waals surface area contributed by atoms with Crippen molar-refractivity contribution in [3.63, 3.8) is 0 Å². The van der Waals surface area contributed by atoms with Crippen molar-refractivity contribution >= 4 is 17.6 Å². The summed E-state index contributed by atoms with van der Waals surface area (Å²) < 4.78 is 4.86. The van der Waals surface area contributed by atoms with E-state index in [9.17, 15) is 4.79 Å². The number of hydrogen-bond acceptors (Lipinski definition) is 5. The van der Waals surface area contributed by atoms with Crippen molar-refractivity contribution in [2.75, 3.05) is 29.9 Å². The number of hydrogen-bond donors (Lipinski definition) is 1. The van der Waals surface area contributed by atoms with Gasteiger partial charge < -0.3 is 9.64 Å². The van der Waals surface area contributed by atoms with Gasteiger partial charge in [0.25, 0.3) is 0 Å². The summed E-state index contributed by atoms with van der Waals surface area (Å²) in [7, 11) is 0. The Morgan fingerprint density at radius 2 is 1.88 bits per heavy atom. The summed E-state index contributed by atoms with van der Waals surface area (Å²) in [5.41, 5.74) is 2.46. The summed E-state index contributed by atoms with van der Waals surface area (Å²) in [6.45, 7) is 6.51. The third kappa shape index (κ3) is 4.47. The zero-order chi connectivity index (χ0) is 17.6. The molecule has 2 aromatic rings. The number of rotatable bonds is 4. The molecule has 1 aliphatic rings. The highest BCUT2D eigenvalue weighted by Crippen LogP contribution is 2.23. The highest BCUT2D eigenvalue weighted by Gasteiger charge is 2.17. The van der Waals surface area contributed by atoms with E-state index in [1.54, 1.807) is 6.92 Å². The first-order chi connectivity index (χ1) is 12.2. The normalized spacial score (nSPS) is 15.0. The van der Waals surface area contributed by atoms with E-state index in [4.69, 9.17) is 4.74 Å². The molecule has 0 aliphatic carbocycles. The van der Waals surface area contributed by atoms with Gasteiger partial charge in [0.15, 0.2) is 5.82 Å². The maximum Gasteiger partial charge on any atom is 0.411 e. The Kier molecular flexibility index (Phi) is 5.48. The van der Waals surface area contributed by atoms with Crippen LogP contribution < -0.4 is 10.2 Å². The summed E-state index contributed by atoms with van der Waals surface area (Å²) in [5.74, 6) is 1.74. The maximum atomic E-state index is 11.4. The largest absolute Gasteiger partial charge is 0.450 e. The Balaban J connectivity index is 1.65. The van der Waals surface area contributed by atoms with Gasteiger partial charge in [-0.1, -0.05) is 19.1 Å². The van der Waals surface area contributed by atoms with Gasteiger partial charge in [-0.05, 0) is 49.9 Å². The van der Waals surface area contributed by atoms with Crippen LogP contribution in [0.5, 0.6) is 0 Å². The molecule has 1 amide bonds. The van der Waals surface area contributed by atoms with Crippen molar-refractivity contribution in [1.29, 1.82) is 0 Å². The third-order valence-corrected chi connectivity index (χ3v) is 4.46. The molecule has 25 heavy (non-hydrogen) atoms. The molecule has 6 nitrogen and oxygen atoms in total. The number of anilines is 2. The maximum absolute atomic E-state index is 11.4. The Morgan fingerprint density at radius 3 is 2.48 bits per heavy atom. The molecule has 2 heterocycles. The number of carbonyl (C=O) groups is 1. The minimum atomic E-state index is -0.449. The number of benzene rings is 1. The lowest BCUT2D eigenvalue weighted by Gasteiger charge is -2.30. The second kappa shape index (κ2) is 7.96. The molecule has 3 rings (SSSR count). The molecule has 132 valence electrons. The van der Waals surface area contributed by atoms with Crippen LogP contribution in [0.2, 0.25) is 0 Å². The van der Waals surface area contributed by atoms with E-state index >= 15 is 0 Å². The van der Waals surface area contributed by atoms with E-state index in [1.807, 2.05) is 36.4 Å². The fraction of sp³-hybridized carbons (Fsp3) is 0.421. The summed E-state index contributed by atoms with van der Waals surface area (Å²) in [6, 6.07) is 11.5. The second-order valence-corrected chi connectivity index (χ2v) is 6.37. The number of amides is 1. The SMILES string of the molecule is CCOC(=O)Nc1ccc(-c2ccc(N3CCC(C)CC3)nn2)cc1. The highest BCUT2D eigenvalue weighted by molar-refractivity contribution is 5.85. The Labute approximate surface area is 148 Å². The number of piperidine rings is 1. The summed E-state index contributed by atoms with van der Waals surface area (Å²) >= 11 is 0. The smallest absolute Gasteiger partial charge is 0.411 e. The molecule has 1 fully saturated rings. The lowest BCUT2D eigenvalue weighted by Crippen LogP contribution is -2.33. The molecule has 0 bridgehead atoms. The average molecular weight is 340 g/mol. The molecule has 0 saturated carbocycles. The molecule has 0 unspecified atom stereocenters. The zero-order valence-corrected chi connectivity index (χ0v) is 14.7. The van der Waals surface area contributed by atoms with E-state index in [0.29, 0.717) is 12.3 Å². The molecule has 1 aromatic carbocycles. The Morgan fingerprint density at radius 1 is 1.16 bits per heavy atom. The van der Waals surface area contributed by atoms with Crippen LogP contribution in [0.15, 0.2) is 36.4 Å². The van der Waals surface area contributed by atoms with Crippen molar-refractivity contribution in [1.82, 2.24) is 10.2 Å². The van der Waals surface area contributed by atoms with Gasteiger partial charge in [0.2, 0.25) is 0 Å². The van der Waals surface area contributed by atoms with Gasteiger partial charge in [-0.3, -0.25) is 5.32 Å². The highest BCUT2D eigenvalue weighted by atomic mass is 16.5. The van der Waals surface area contributed by atoms with Gasteiger partial charge in [-0.25, -0.2) is 4.79 Å². The third-order valence-electron chi connectivity index (χ3n) is 4.46. The van der Waals surface area contributed by atoms with Crippen molar-refractivity contribution < 1.29 is 9.53 Å². The van der Waals surface area contributed by atoms with Crippen molar-refractivity contribution in [2.24, 2.45) is 5.92 Å². The van der Waals surface area contributed by atoms with Crippen LogP contribution >= 0.6 is 0 Å². The first kappa shape index (κ1) is 17.2. The molecular weight excluding hydrogens is 316 g/mol. The molecule has 1 aromatic heterocycles. The van der Waals surface area contributed by atoms with Crippen LogP contribution in [0.4, 0.5) is 16.3 Å². The quantitative estimate of drug-likeness (QED) is 0.913. The molecule has 0 radical (unpaired) electrons. The zero-order valence-electron chi connectivity index (χ0n) is 14.7. The van der Waals surface area contributed by atoms with E-state index in [1.165, 1.54) is 12.8 Å². The monoisotopic (exact) mass is 340 g/mol. The summed E-state index contributed by atoms with van der Waals surface area (Å²) in [5, 5.41) is 11.4. The van der Waals surface area contributed by atoms with E-state index in [2.05, 4.69) is 27.3 Å². The molecule has 0 spiro atoms. The standard InChI is InChI=1S/C19H24N4O2/c1-3-25-19(24)20-16-6-4-15(5-7-16)17-8-9-18(22-21-17)23-12-10-14(2)11-13-23/h4-9,14H,3,10-13H2,1-2H3,(H,20,24). The van der Waals surface area contributed by atoms with Crippen LogP contribution in [-0.4, -0.2) is 36.0 Å². The average Bonchev–Trinajstić information content (AvgIpc) is 2.63. The Bertz CT molecular complexity index is 692. The Hall–Kier alpha value is -2.63. The molecule has 1 aliphatic heterocycles. The predicted molar refractivity (Wildman–Crippen MR) is 98.7 cm³/mol. The number of ether oxygens (including phenoxy) is 1. The summed E-state index contributed by atoms with van der Waals surface area (Å²) in [4.78, 5) is 13.7. The van der Waals surface area contributed by atoms with Gasteiger partial charge in [-0.15, -0.1) is 10.2 Å². The lowest BCUT2D eigenvalue weighted by molar-refractivity contribution is 0.168. The summed E-state index contributed by atoms with van der Waals surface area (Å²) in [6.07, 6.45) is 1.96. The van der Waals surface area contributed by atoms with Crippen molar-refractivity contribution in [2.45, 2.75) is 26.7 Å². The number of aromatic nitrogens is 2. The van der Waals surface area contributed by atoms with E-state index in [0.717, 1.165) is 36.1 Å². The fourth-order valence-electron chi connectivity index (χ4n) is 2.89. The molecular formula is C19H24N4O2. The molecule has 1 saturated heterocycles. The molecule has 6 heteroatoms. The first-order valence-corrected chi connectivity index (χ1v) is 8.78. The van der Waals surface area contributed by atoms with Gasteiger partial charge in [-0.2, -0.15) is 0 Å². The van der Waals surface area contributed by atoms with Gasteiger partial charge in [0.1, 0.15) is 0 Å². The van der Waals surface area contributed by atoms with Crippen LogP contribution in [0, 0.1) is 5.92 Å². The van der Waals surface area contributed by atoms with Crippen molar-refractivity contribution in [3.05, 3.63) is 36.4 Å². The number of nitrogens with zero attached hydrogens (tertiary/aromatic N) is 3. The van der Waals surface area contributed by atoms with E-state index in [-0.39, 0.29) is 0 Å². The first-order valence-electron chi connectivity index (χ1n) is 8.78.